The Kier molecular flexibility index (Phi) is 6.06. The average molecular weight is 389 g/mol. The van der Waals surface area contributed by atoms with Crippen LogP contribution in [-0.2, 0) is 17.8 Å². The summed E-state index contributed by atoms with van der Waals surface area (Å²) in [6, 6.07) is 18.3. The summed E-state index contributed by atoms with van der Waals surface area (Å²) in [5, 5.41) is 4.00. The highest BCUT2D eigenvalue weighted by Crippen LogP contribution is 2.24. The third-order valence-corrected chi connectivity index (χ3v) is 5.43. The van der Waals surface area contributed by atoms with E-state index in [0.29, 0.717) is 12.3 Å². The summed E-state index contributed by atoms with van der Waals surface area (Å²) in [6.07, 6.45) is 3.20. The minimum Gasteiger partial charge on any atom is -0.479 e. The third-order valence-electron chi connectivity index (χ3n) is 5.43. The number of hydrogen-bond acceptors (Lipinski definition) is 4. The quantitative estimate of drug-likeness (QED) is 0.628. The van der Waals surface area contributed by atoms with Gasteiger partial charge in [-0.05, 0) is 43.0 Å². The molecule has 29 heavy (non-hydrogen) atoms. The molecular weight excluding hydrogens is 362 g/mol. The fourth-order valence-electron chi connectivity index (χ4n) is 3.82. The Morgan fingerprint density at radius 3 is 2.86 bits per heavy atom. The molecule has 1 aliphatic rings. The summed E-state index contributed by atoms with van der Waals surface area (Å²) in [6.45, 7) is 5.49. The van der Waals surface area contributed by atoms with Gasteiger partial charge in [0.05, 0.1) is 0 Å². The largest absolute Gasteiger partial charge is 0.479 e. The van der Waals surface area contributed by atoms with E-state index in [2.05, 4.69) is 39.5 Å². The Labute approximate surface area is 171 Å². The maximum absolute atomic E-state index is 12.4. The molecule has 1 aliphatic heterocycles. The van der Waals surface area contributed by atoms with E-state index in [0.717, 1.165) is 43.4 Å². The lowest BCUT2D eigenvalue weighted by atomic mass is 10.00. The molecule has 5 heteroatoms. The monoisotopic (exact) mass is 389 g/mol. The molecule has 1 atom stereocenters. The van der Waals surface area contributed by atoms with Gasteiger partial charge in [-0.15, -0.1) is 0 Å². The number of fused-ring (bicyclic) bond motifs is 2. The van der Waals surface area contributed by atoms with E-state index in [1.54, 1.807) is 13.1 Å². The Bertz CT molecular complexity index is 983. The topological polar surface area (TPSA) is 54.5 Å². The molecule has 5 nitrogen and oxygen atoms in total. The van der Waals surface area contributed by atoms with Crippen molar-refractivity contribution in [3.63, 3.8) is 0 Å². The summed E-state index contributed by atoms with van der Waals surface area (Å²) >= 11 is 0. The van der Waals surface area contributed by atoms with Crippen molar-refractivity contribution in [3.8, 4) is 5.75 Å². The van der Waals surface area contributed by atoms with Crippen molar-refractivity contribution in [2.45, 2.75) is 32.4 Å². The van der Waals surface area contributed by atoms with Crippen LogP contribution in [0.2, 0.25) is 0 Å². The fraction of sp³-hybridized carbons (Fsp3) is 0.333. The Morgan fingerprint density at radius 1 is 1.14 bits per heavy atom. The highest BCUT2D eigenvalue weighted by atomic mass is 16.5. The number of carbonyl (C=O) groups excluding carboxylic acids is 1. The van der Waals surface area contributed by atoms with Gasteiger partial charge in [0, 0.05) is 37.8 Å². The molecule has 0 fully saturated rings. The van der Waals surface area contributed by atoms with Gasteiger partial charge in [0.25, 0.3) is 5.91 Å². The van der Waals surface area contributed by atoms with Gasteiger partial charge in [0.1, 0.15) is 11.3 Å². The van der Waals surface area contributed by atoms with Crippen molar-refractivity contribution in [2.75, 3.05) is 19.6 Å². The smallest absolute Gasteiger partial charge is 0.260 e. The molecule has 0 spiro atoms. The van der Waals surface area contributed by atoms with Gasteiger partial charge in [-0.3, -0.25) is 14.7 Å². The van der Waals surface area contributed by atoms with E-state index in [9.17, 15) is 4.79 Å². The lowest BCUT2D eigenvalue weighted by molar-refractivity contribution is -0.127. The molecule has 1 N–H and O–H groups in total. The number of amides is 1. The number of para-hydroxylation sites is 1. The SMILES string of the molecule is CC(Oc1cccc2cccnc12)C(=O)NCCCN1CCc2ccccc2C1. The predicted octanol–water partition coefficient (Wildman–Crippen LogP) is 3.57. The van der Waals surface area contributed by atoms with Crippen LogP contribution in [0.4, 0.5) is 0 Å². The van der Waals surface area contributed by atoms with Crippen molar-refractivity contribution in [3.05, 3.63) is 71.9 Å². The number of aromatic nitrogens is 1. The number of benzene rings is 2. The highest BCUT2D eigenvalue weighted by molar-refractivity contribution is 5.85. The Morgan fingerprint density at radius 2 is 1.97 bits per heavy atom. The molecule has 1 unspecified atom stereocenters. The van der Waals surface area contributed by atoms with Crippen LogP contribution in [-0.4, -0.2) is 41.5 Å². The second-order valence-electron chi connectivity index (χ2n) is 7.53. The molecule has 0 radical (unpaired) electrons. The zero-order chi connectivity index (χ0) is 20.1. The van der Waals surface area contributed by atoms with Gasteiger partial charge in [-0.25, -0.2) is 0 Å². The van der Waals surface area contributed by atoms with Crippen molar-refractivity contribution < 1.29 is 9.53 Å². The van der Waals surface area contributed by atoms with E-state index < -0.39 is 6.10 Å². The van der Waals surface area contributed by atoms with Crippen LogP contribution < -0.4 is 10.1 Å². The predicted molar refractivity (Wildman–Crippen MR) is 115 cm³/mol. The lowest BCUT2D eigenvalue weighted by Gasteiger charge is -2.28. The molecule has 0 bridgehead atoms. The molecule has 1 amide bonds. The second kappa shape index (κ2) is 9.05. The first-order valence-corrected chi connectivity index (χ1v) is 10.3. The lowest BCUT2D eigenvalue weighted by Crippen LogP contribution is -2.38. The number of hydrogen-bond donors (Lipinski definition) is 1. The molecule has 0 saturated carbocycles. The number of pyridine rings is 1. The first kappa shape index (κ1) is 19.4. The maximum atomic E-state index is 12.4. The molecule has 4 rings (SSSR count). The number of ether oxygens (including phenoxy) is 1. The van der Waals surface area contributed by atoms with Crippen LogP contribution in [0, 0.1) is 0 Å². The van der Waals surface area contributed by atoms with Gasteiger partial charge in [-0.1, -0.05) is 42.5 Å². The van der Waals surface area contributed by atoms with E-state index in [4.69, 9.17) is 4.74 Å². The van der Waals surface area contributed by atoms with Crippen molar-refractivity contribution in [1.29, 1.82) is 0 Å². The molecule has 0 saturated heterocycles. The summed E-state index contributed by atoms with van der Waals surface area (Å²) in [7, 11) is 0. The molecule has 3 aromatic rings. The minimum atomic E-state index is -0.565. The molecule has 0 aliphatic carbocycles. The molecular formula is C24H27N3O2. The van der Waals surface area contributed by atoms with Crippen LogP contribution in [0.15, 0.2) is 60.8 Å². The zero-order valence-electron chi connectivity index (χ0n) is 16.8. The molecule has 150 valence electrons. The van der Waals surface area contributed by atoms with Gasteiger partial charge >= 0.3 is 0 Å². The second-order valence-corrected chi connectivity index (χ2v) is 7.53. The summed E-state index contributed by atoms with van der Waals surface area (Å²) in [4.78, 5) is 19.3. The summed E-state index contributed by atoms with van der Waals surface area (Å²) < 4.78 is 5.89. The van der Waals surface area contributed by atoms with E-state index in [1.807, 2.05) is 30.3 Å². The summed E-state index contributed by atoms with van der Waals surface area (Å²) in [5.41, 5.74) is 3.67. The molecule has 1 aromatic heterocycles. The van der Waals surface area contributed by atoms with Crippen molar-refractivity contribution in [2.24, 2.45) is 0 Å². The van der Waals surface area contributed by atoms with Crippen molar-refractivity contribution in [1.82, 2.24) is 15.2 Å². The van der Waals surface area contributed by atoms with Gasteiger partial charge in [-0.2, -0.15) is 0 Å². The Balaban J connectivity index is 1.23. The van der Waals surface area contributed by atoms with Gasteiger partial charge in [0.2, 0.25) is 0 Å². The van der Waals surface area contributed by atoms with Gasteiger partial charge < -0.3 is 10.1 Å². The summed E-state index contributed by atoms with van der Waals surface area (Å²) in [5.74, 6) is 0.541. The first-order valence-electron chi connectivity index (χ1n) is 10.3. The standard InChI is InChI=1S/C24H27N3O2/c1-18(29-22-11-4-9-20-10-5-13-25-23(20)22)24(28)26-14-6-15-27-16-12-19-7-2-3-8-21(19)17-27/h2-5,7-11,13,18H,6,12,14-17H2,1H3,(H,26,28). The van der Waals surface area contributed by atoms with E-state index in [-0.39, 0.29) is 5.91 Å². The number of carbonyl (C=O) groups is 1. The highest BCUT2D eigenvalue weighted by Gasteiger charge is 2.17. The van der Waals surface area contributed by atoms with Crippen LogP contribution >= 0.6 is 0 Å². The normalized spacial score (nSPS) is 14.9. The van der Waals surface area contributed by atoms with Crippen LogP contribution in [0.1, 0.15) is 24.5 Å². The minimum absolute atomic E-state index is 0.0954. The van der Waals surface area contributed by atoms with Crippen LogP contribution in [0.25, 0.3) is 10.9 Å². The Hall–Kier alpha value is -2.92. The molecule has 2 aromatic carbocycles. The van der Waals surface area contributed by atoms with Crippen LogP contribution in [0.3, 0.4) is 0 Å². The number of nitrogens with zero attached hydrogens (tertiary/aromatic N) is 2. The van der Waals surface area contributed by atoms with E-state index >= 15 is 0 Å². The average Bonchev–Trinajstić information content (AvgIpc) is 2.76. The molecule has 2 heterocycles. The first-order chi connectivity index (χ1) is 14.2. The zero-order valence-corrected chi connectivity index (χ0v) is 16.8. The van der Waals surface area contributed by atoms with Gasteiger partial charge in [0.15, 0.2) is 6.10 Å². The fourth-order valence-corrected chi connectivity index (χ4v) is 3.82. The third kappa shape index (κ3) is 4.74. The van der Waals surface area contributed by atoms with Crippen molar-refractivity contribution >= 4 is 16.8 Å². The number of nitrogens with one attached hydrogen (secondary N) is 1. The number of rotatable bonds is 7. The maximum Gasteiger partial charge on any atom is 0.260 e. The van der Waals surface area contributed by atoms with Crippen LogP contribution in [0.5, 0.6) is 5.75 Å². The van der Waals surface area contributed by atoms with E-state index in [1.165, 1.54) is 11.1 Å².